The Morgan fingerprint density at radius 2 is 1.90 bits per heavy atom. The van der Waals surface area contributed by atoms with Crippen LogP contribution in [0, 0.1) is 5.41 Å². The summed E-state index contributed by atoms with van der Waals surface area (Å²) in [6.07, 6.45) is 4.49. The summed E-state index contributed by atoms with van der Waals surface area (Å²) in [5, 5.41) is 8.15. The van der Waals surface area contributed by atoms with Crippen molar-refractivity contribution in [3.05, 3.63) is 0 Å². The Morgan fingerprint density at radius 3 is 2.30 bits per heavy atom. The molecule has 0 aromatic carbocycles. The van der Waals surface area contributed by atoms with Crippen LogP contribution in [0.15, 0.2) is 0 Å². The van der Waals surface area contributed by atoms with E-state index in [2.05, 4.69) is 4.90 Å². The lowest BCUT2D eigenvalue weighted by molar-refractivity contribution is 0.527. The molecule has 1 N–H and O–H groups in total. The molecule has 0 aromatic rings. The highest BCUT2D eigenvalue weighted by Crippen LogP contribution is 2.11. The summed E-state index contributed by atoms with van der Waals surface area (Å²) in [5.74, 6) is 0. The smallest absolute Gasteiger partial charge is 0.156 e. The van der Waals surface area contributed by atoms with Gasteiger partial charge >= 0.3 is 0 Å². The lowest BCUT2D eigenvalue weighted by atomic mass is 10.4. The van der Waals surface area contributed by atoms with Crippen LogP contribution in [0.3, 0.4) is 0 Å². The van der Waals surface area contributed by atoms with E-state index >= 15 is 0 Å². The number of likely N-dealkylation sites (tertiary alicyclic amines) is 1. The second-order valence-corrected chi connectivity index (χ2v) is 3.00. The third-order valence-electron chi connectivity index (χ3n) is 1.59. The molecule has 1 saturated heterocycles. The molecule has 0 aliphatic carbocycles. The maximum atomic E-state index is 7.42. The van der Waals surface area contributed by atoms with Gasteiger partial charge in [0.1, 0.15) is 0 Å². The van der Waals surface area contributed by atoms with Crippen molar-refractivity contribution >= 4 is 40.9 Å². The number of hydrogen-bond donors (Lipinski definition) is 1. The molecule has 1 rings (SSSR count). The third kappa shape index (κ3) is 2.65. The van der Waals surface area contributed by atoms with Crippen LogP contribution in [-0.2, 0) is 0 Å². The molecule has 1 fully saturated rings. The van der Waals surface area contributed by atoms with E-state index in [0.29, 0.717) is 0 Å². The van der Waals surface area contributed by atoms with Gasteiger partial charge in [-0.3, -0.25) is 5.41 Å². The summed E-state index contributed by atoms with van der Waals surface area (Å²) in [7, 11) is 0. The number of halogens is 1. The molecule has 1 aliphatic rings. The normalized spacial score (nSPS) is 16.7. The first-order valence-corrected chi connectivity index (χ1v) is 4.44. The predicted octanol–water partition coefficient (Wildman–Crippen LogP) is 2.00. The average Bonchev–Trinajstić information content (AvgIpc) is 2.37. The van der Waals surface area contributed by atoms with Crippen molar-refractivity contribution in [2.75, 3.05) is 19.3 Å². The van der Waals surface area contributed by atoms with Crippen LogP contribution < -0.4 is 0 Å². The third-order valence-corrected chi connectivity index (χ3v) is 2.23. The van der Waals surface area contributed by atoms with Gasteiger partial charge in [-0.2, -0.15) is 0 Å². The van der Waals surface area contributed by atoms with Gasteiger partial charge in [0.15, 0.2) is 5.17 Å². The van der Waals surface area contributed by atoms with Crippen LogP contribution in [0.4, 0.5) is 0 Å². The number of nitrogens with zero attached hydrogens (tertiary/aromatic N) is 1. The Balaban J connectivity index is 0.000000810. The van der Waals surface area contributed by atoms with Crippen LogP contribution in [0.2, 0.25) is 0 Å². The molecule has 0 saturated carbocycles. The molecular weight excluding hydrogens is 259 g/mol. The topological polar surface area (TPSA) is 27.1 Å². The van der Waals surface area contributed by atoms with E-state index in [0.717, 1.165) is 18.3 Å². The molecule has 0 aromatic heterocycles. The SMILES string of the molecule is CSC(=N)N1CCCC1.I. The Morgan fingerprint density at radius 1 is 1.40 bits per heavy atom. The van der Waals surface area contributed by atoms with Crippen molar-refractivity contribution in [1.29, 1.82) is 5.41 Å². The van der Waals surface area contributed by atoms with Crippen molar-refractivity contribution in [1.82, 2.24) is 4.90 Å². The summed E-state index contributed by atoms with van der Waals surface area (Å²) in [5.41, 5.74) is 0. The summed E-state index contributed by atoms with van der Waals surface area (Å²) in [6.45, 7) is 2.19. The Hall–Kier alpha value is 0.550. The highest BCUT2D eigenvalue weighted by Gasteiger charge is 2.12. The molecular formula is C6H13IN2S. The van der Waals surface area contributed by atoms with Crippen molar-refractivity contribution in [3.8, 4) is 0 Å². The first-order valence-electron chi connectivity index (χ1n) is 3.22. The molecule has 0 radical (unpaired) electrons. The molecule has 2 nitrogen and oxygen atoms in total. The van der Waals surface area contributed by atoms with Gasteiger partial charge in [-0.05, 0) is 19.1 Å². The monoisotopic (exact) mass is 272 g/mol. The minimum Gasteiger partial charge on any atom is -0.352 e. The van der Waals surface area contributed by atoms with Crippen LogP contribution in [0.25, 0.3) is 0 Å². The second-order valence-electron chi connectivity index (χ2n) is 2.20. The molecule has 60 valence electrons. The van der Waals surface area contributed by atoms with Crippen LogP contribution in [0.5, 0.6) is 0 Å². The molecule has 4 heteroatoms. The van der Waals surface area contributed by atoms with Crippen molar-refractivity contribution in [3.63, 3.8) is 0 Å². The Labute approximate surface area is 83.3 Å². The number of nitrogens with one attached hydrogen (secondary N) is 1. The Bertz CT molecular complexity index is 112. The zero-order valence-corrected chi connectivity index (χ0v) is 9.24. The summed E-state index contributed by atoms with van der Waals surface area (Å²) in [6, 6.07) is 0. The van der Waals surface area contributed by atoms with E-state index in [4.69, 9.17) is 5.41 Å². The first kappa shape index (κ1) is 10.6. The predicted molar refractivity (Wildman–Crippen MR) is 57.5 cm³/mol. The highest BCUT2D eigenvalue weighted by molar-refractivity contribution is 14.0. The molecule has 0 atom stereocenters. The average molecular weight is 272 g/mol. The number of thioether (sulfide) groups is 1. The molecule has 10 heavy (non-hydrogen) atoms. The summed E-state index contributed by atoms with van der Waals surface area (Å²) < 4.78 is 0. The summed E-state index contributed by atoms with van der Waals surface area (Å²) in [4.78, 5) is 2.13. The number of amidine groups is 1. The largest absolute Gasteiger partial charge is 0.352 e. The fourth-order valence-electron chi connectivity index (χ4n) is 1.05. The van der Waals surface area contributed by atoms with Crippen LogP contribution >= 0.6 is 35.7 Å². The highest BCUT2D eigenvalue weighted by atomic mass is 127. The van der Waals surface area contributed by atoms with Crippen LogP contribution in [0.1, 0.15) is 12.8 Å². The van der Waals surface area contributed by atoms with Crippen LogP contribution in [-0.4, -0.2) is 29.4 Å². The van der Waals surface area contributed by atoms with Gasteiger partial charge in [0.25, 0.3) is 0 Å². The van der Waals surface area contributed by atoms with E-state index in [1.807, 2.05) is 6.26 Å². The van der Waals surface area contributed by atoms with Crippen molar-refractivity contribution in [2.24, 2.45) is 0 Å². The van der Waals surface area contributed by atoms with E-state index in [-0.39, 0.29) is 24.0 Å². The molecule has 0 spiro atoms. The van der Waals surface area contributed by atoms with E-state index in [9.17, 15) is 0 Å². The zero-order valence-electron chi connectivity index (χ0n) is 6.09. The van der Waals surface area contributed by atoms with Gasteiger partial charge in [0.05, 0.1) is 0 Å². The second kappa shape index (κ2) is 5.23. The number of rotatable bonds is 0. The standard InChI is InChI=1S/C6H12N2S.HI/c1-9-6(7)8-4-2-3-5-8;/h7H,2-5H2,1H3;1H. The van der Waals surface area contributed by atoms with Gasteiger partial charge in [0.2, 0.25) is 0 Å². The first-order chi connectivity index (χ1) is 4.34. The molecule has 0 unspecified atom stereocenters. The zero-order chi connectivity index (χ0) is 6.69. The minimum absolute atomic E-state index is 0. The van der Waals surface area contributed by atoms with E-state index in [1.54, 1.807) is 0 Å². The molecule has 0 bridgehead atoms. The van der Waals surface area contributed by atoms with Gasteiger partial charge in [0, 0.05) is 13.1 Å². The van der Waals surface area contributed by atoms with Crippen molar-refractivity contribution < 1.29 is 0 Å². The number of hydrogen-bond acceptors (Lipinski definition) is 2. The fraction of sp³-hybridized carbons (Fsp3) is 0.833. The molecule has 1 heterocycles. The quantitative estimate of drug-likeness (QED) is 0.415. The summed E-state index contributed by atoms with van der Waals surface area (Å²) >= 11 is 1.53. The minimum atomic E-state index is 0. The lowest BCUT2D eigenvalue weighted by Gasteiger charge is -2.15. The van der Waals surface area contributed by atoms with Gasteiger partial charge in [-0.15, -0.1) is 24.0 Å². The molecule has 0 amide bonds. The fourth-order valence-corrected chi connectivity index (χ4v) is 1.49. The van der Waals surface area contributed by atoms with E-state index in [1.165, 1.54) is 24.6 Å². The lowest BCUT2D eigenvalue weighted by Crippen LogP contribution is -2.23. The molecule has 1 aliphatic heterocycles. The van der Waals surface area contributed by atoms with E-state index < -0.39 is 0 Å². The maximum absolute atomic E-state index is 7.42. The maximum Gasteiger partial charge on any atom is 0.156 e. The van der Waals surface area contributed by atoms with Crippen molar-refractivity contribution in [2.45, 2.75) is 12.8 Å². The van der Waals surface area contributed by atoms with Gasteiger partial charge < -0.3 is 4.90 Å². The Kier molecular flexibility index (Phi) is 5.52. The van der Waals surface area contributed by atoms with Gasteiger partial charge in [-0.25, -0.2) is 0 Å². The van der Waals surface area contributed by atoms with Gasteiger partial charge in [-0.1, -0.05) is 11.8 Å².